The first-order chi connectivity index (χ1) is 12.3. The molecule has 1 aromatic heterocycles. The standard InChI is InChI=1S/C19H26N4O2.HI/c1-2-20-19(21-13-17(24)18-9-6-12-25-18)22-15-10-11-23(14-15)16-7-4-3-5-8-16;/h3-9,12,15,17,24H,2,10-11,13-14H2,1H3,(H2,20,21,22);1H. The van der Waals surface area contributed by atoms with Crippen molar-refractivity contribution in [1.82, 2.24) is 10.6 Å². The minimum atomic E-state index is -0.727. The molecule has 0 bridgehead atoms. The molecule has 6 nitrogen and oxygen atoms in total. The molecule has 3 rings (SSSR count). The maximum absolute atomic E-state index is 10.1. The molecule has 1 aliphatic rings. The number of para-hydroxylation sites is 1. The second kappa shape index (κ2) is 10.4. The van der Waals surface area contributed by atoms with Gasteiger partial charge in [-0.05, 0) is 37.6 Å². The van der Waals surface area contributed by atoms with E-state index in [1.54, 1.807) is 18.4 Å². The highest BCUT2D eigenvalue weighted by Crippen LogP contribution is 2.19. The Morgan fingerprint density at radius 3 is 2.81 bits per heavy atom. The Morgan fingerprint density at radius 1 is 1.31 bits per heavy atom. The number of aliphatic hydroxyl groups is 1. The third-order valence-corrected chi connectivity index (χ3v) is 4.29. The maximum Gasteiger partial charge on any atom is 0.191 e. The smallest absolute Gasteiger partial charge is 0.191 e. The van der Waals surface area contributed by atoms with Crippen molar-refractivity contribution in [3.63, 3.8) is 0 Å². The van der Waals surface area contributed by atoms with Crippen molar-refractivity contribution in [2.24, 2.45) is 4.99 Å². The van der Waals surface area contributed by atoms with Crippen molar-refractivity contribution in [3.05, 3.63) is 54.5 Å². The Kier molecular flexibility index (Phi) is 8.24. The van der Waals surface area contributed by atoms with E-state index >= 15 is 0 Å². The highest BCUT2D eigenvalue weighted by molar-refractivity contribution is 14.0. The number of aliphatic imine (C=N–C) groups is 1. The van der Waals surface area contributed by atoms with Crippen molar-refractivity contribution in [1.29, 1.82) is 0 Å². The molecule has 2 atom stereocenters. The molecular formula is C19H27IN4O2. The van der Waals surface area contributed by atoms with Gasteiger partial charge in [0.05, 0.1) is 12.8 Å². The summed E-state index contributed by atoms with van der Waals surface area (Å²) in [6, 6.07) is 14.3. The fraction of sp³-hybridized carbons (Fsp3) is 0.421. The molecule has 2 aromatic rings. The van der Waals surface area contributed by atoms with E-state index in [4.69, 9.17) is 4.42 Å². The molecule has 142 valence electrons. The topological polar surface area (TPSA) is 73.0 Å². The van der Waals surface area contributed by atoms with Crippen LogP contribution in [0.1, 0.15) is 25.2 Å². The number of benzene rings is 1. The Hall–Kier alpha value is -1.74. The molecule has 2 heterocycles. The van der Waals surface area contributed by atoms with Crippen LogP contribution in [0.5, 0.6) is 0 Å². The Balaban J connectivity index is 0.00000243. The summed E-state index contributed by atoms with van der Waals surface area (Å²) in [5, 5.41) is 16.8. The SMILES string of the molecule is CCNC(=NCC(O)c1ccco1)NC1CCN(c2ccccc2)C1.I. The number of hydrogen-bond acceptors (Lipinski definition) is 4. The Bertz CT molecular complexity index is 663. The van der Waals surface area contributed by atoms with Gasteiger partial charge in [-0.1, -0.05) is 18.2 Å². The largest absolute Gasteiger partial charge is 0.467 e. The van der Waals surface area contributed by atoms with E-state index in [2.05, 4.69) is 44.8 Å². The molecule has 1 fully saturated rings. The van der Waals surface area contributed by atoms with Gasteiger partial charge in [-0.25, -0.2) is 0 Å². The number of furan rings is 1. The lowest BCUT2D eigenvalue weighted by Crippen LogP contribution is -2.44. The molecule has 2 unspecified atom stereocenters. The number of nitrogens with one attached hydrogen (secondary N) is 2. The number of anilines is 1. The third-order valence-electron chi connectivity index (χ3n) is 4.29. The molecule has 0 radical (unpaired) electrons. The van der Waals surface area contributed by atoms with Gasteiger partial charge in [0.1, 0.15) is 11.9 Å². The molecule has 1 aliphatic heterocycles. The lowest BCUT2D eigenvalue weighted by Gasteiger charge is -2.20. The zero-order valence-corrected chi connectivity index (χ0v) is 17.3. The first kappa shape index (κ1) is 20.6. The lowest BCUT2D eigenvalue weighted by atomic mass is 10.2. The quantitative estimate of drug-likeness (QED) is 0.344. The summed E-state index contributed by atoms with van der Waals surface area (Å²) in [7, 11) is 0. The molecule has 26 heavy (non-hydrogen) atoms. The van der Waals surface area contributed by atoms with Crippen LogP contribution in [0.15, 0.2) is 58.1 Å². The number of rotatable bonds is 6. The first-order valence-electron chi connectivity index (χ1n) is 8.82. The molecule has 3 N–H and O–H groups in total. The summed E-state index contributed by atoms with van der Waals surface area (Å²) in [5.41, 5.74) is 1.25. The van der Waals surface area contributed by atoms with Crippen molar-refractivity contribution in [2.45, 2.75) is 25.5 Å². The third kappa shape index (κ3) is 5.63. The van der Waals surface area contributed by atoms with Crippen LogP contribution in [-0.2, 0) is 0 Å². The van der Waals surface area contributed by atoms with Crippen LogP contribution in [0.25, 0.3) is 0 Å². The van der Waals surface area contributed by atoms with Crippen LogP contribution >= 0.6 is 24.0 Å². The number of halogens is 1. The minimum absolute atomic E-state index is 0. The number of aliphatic hydroxyl groups excluding tert-OH is 1. The zero-order chi connectivity index (χ0) is 17.5. The Labute approximate surface area is 171 Å². The average molecular weight is 470 g/mol. The highest BCUT2D eigenvalue weighted by Gasteiger charge is 2.23. The Morgan fingerprint density at radius 2 is 2.12 bits per heavy atom. The average Bonchev–Trinajstić information content (AvgIpc) is 3.32. The van der Waals surface area contributed by atoms with Gasteiger partial charge in [0, 0.05) is 31.4 Å². The van der Waals surface area contributed by atoms with Gasteiger partial charge in [-0.15, -0.1) is 24.0 Å². The predicted molar refractivity (Wildman–Crippen MR) is 115 cm³/mol. The molecule has 7 heteroatoms. The van der Waals surface area contributed by atoms with Crippen molar-refractivity contribution in [3.8, 4) is 0 Å². The summed E-state index contributed by atoms with van der Waals surface area (Å²) in [6.45, 7) is 5.03. The van der Waals surface area contributed by atoms with Crippen molar-refractivity contribution < 1.29 is 9.52 Å². The van der Waals surface area contributed by atoms with E-state index in [0.29, 0.717) is 11.8 Å². The molecule has 0 amide bonds. The molecular weight excluding hydrogens is 443 g/mol. The molecule has 0 saturated carbocycles. The fourth-order valence-electron chi connectivity index (χ4n) is 3.01. The minimum Gasteiger partial charge on any atom is -0.467 e. The van der Waals surface area contributed by atoms with Crippen molar-refractivity contribution >= 4 is 35.6 Å². The lowest BCUT2D eigenvalue weighted by molar-refractivity contribution is 0.158. The fourth-order valence-corrected chi connectivity index (χ4v) is 3.01. The second-order valence-electron chi connectivity index (χ2n) is 6.16. The van der Waals surface area contributed by atoms with Crippen LogP contribution in [0.4, 0.5) is 5.69 Å². The summed E-state index contributed by atoms with van der Waals surface area (Å²) in [4.78, 5) is 6.87. The first-order valence-corrected chi connectivity index (χ1v) is 8.82. The summed E-state index contributed by atoms with van der Waals surface area (Å²) >= 11 is 0. The summed E-state index contributed by atoms with van der Waals surface area (Å²) < 4.78 is 5.22. The van der Waals surface area contributed by atoms with E-state index in [-0.39, 0.29) is 30.5 Å². The molecule has 0 spiro atoms. The normalized spacial score (nSPS) is 18.3. The zero-order valence-electron chi connectivity index (χ0n) is 15.0. The number of guanidine groups is 1. The maximum atomic E-state index is 10.1. The van der Waals surface area contributed by atoms with Gasteiger partial charge in [0.25, 0.3) is 0 Å². The second-order valence-corrected chi connectivity index (χ2v) is 6.16. The van der Waals surface area contributed by atoms with Crippen LogP contribution < -0.4 is 15.5 Å². The van der Waals surface area contributed by atoms with Crippen LogP contribution in [0.2, 0.25) is 0 Å². The van der Waals surface area contributed by atoms with E-state index in [0.717, 1.165) is 32.0 Å². The van der Waals surface area contributed by atoms with Gasteiger partial charge in [-0.3, -0.25) is 4.99 Å². The van der Waals surface area contributed by atoms with E-state index in [9.17, 15) is 5.11 Å². The predicted octanol–water partition coefficient (Wildman–Crippen LogP) is 2.77. The number of nitrogens with zero attached hydrogens (tertiary/aromatic N) is 2. The van der Waals surface area contributed by atoms with Crippen LogP contribution in [0, 0.1) is 0 Å². The van der Waals surface area contributed by atoms with E-state index in [1.807, 2.05) is 13.0 Å². The van der Waals surface area contributed by atoms with E-state index < -0.39 is 6.10 Å². The summed E-state index contributed by atoms with van der Waals surface area (Å²) in [5.74, 6) is 1.27. The van der Waals surface area contributed by atoms with Crippen LogP contribution in [0.3, 0.4) is 0 Å². The summed E-state index contributed by atoms with van der Waals surface area (Å²) in [6.07, 6.45) is 1.89. The number of hydrogen-bond donors (Lipinski definition) is 3. The molecule has 0 aliphatic carbocycles. The highest BCUT2D eigenvalue weighted by atomic mass is 127. The molecule has 1 saturated heterocycles. The van der Waals surface area contributed by atoms with Crippen LogP contribution in [-0.4, -0.2) is 43.3 Å². The molecule has 1 aromatic carbocycles. The van der Waals surface area contributed by atoms with Gasteiger partial charge in [0.2, 0.25) is 0 Å². The van der Waals surface area contributed by atoms with Gasteiger partial charge in [0.15, 0.2) is 5.96 Å². The van der Waals surface area contributed by atoms with Gasteiger partial charge < -0.3 is 25.1 Å². The van der Waals surface area contributed by atoms with Gasteiger partial charge in [-0.2, -0.15) is 0 Å². The van der Waals surface area contributed by atoms with Crippen molar-refractivity contribution in [2.75, 3.05) is 31.1 Å². The monoisotopic (exact) mass is 470 g/mol. The van der Waals surface area contributed by atoms with E-state index in [1.165, 1.54) is 5.69 Å². The van der Waals surface area contributed by atoms with Gasteiger partial charge >= 0.3 is 0 Å².